The van der Waals surface area contributed by atoms with Crippen LogP contribution in [0.4, 0.5) is 4.79 Å². The highest BCUT2D eigenvalue weighted by molar-refractivity contribution is 6.09. The van der Waals surface area contributed by atoms with Gasteiger partial charge in [-0.25, -0.2) is 9.78 Å². The number of nitrogens with one attached hydrogen (secondary N) is 1. The SMILES string of the molecule is COCCNC(=O)c1ccc(CN2C(=O)N(CCCn3ccnc3)C(=O)C2(C)c2cccc3ccccc23)cc1. The smallest absolute Gasteiger partial charge is 0.328 e. The Morgan fingerprint density at radius 2 is 1.77 bits per heavy atom. The van der Waals surface area contributed by atoms with E-state index in [9.17, 15) is 14.4 Å². The quantitative estimate of drug-likeness (QED) is 0.228. The van der Waals surface area contributed by atoms with Gasteiger partial charge in [-0.2, -0.15) is 0 Å². The van der Waals surface area contributed by atoms with Gasteiger partial charge in [-0.3, -0.25) is 14.5 Å². The molecule has 0 bridgehead atoms. The Labute approximate surface area is 233 Å². The largest absolute Gasteiger partial charge is 0.383 e. The Morgan fingerprint density at radius 1 is 1.00 bits per heavy atom. The molecule has 1 fully saturated rings. The van der Waals surface area contributed by atoms with Crippen molar-refractivity contribution in [2.24, 2.45) is 0 Å². The summed E-state index contributed by atoms with van der Waals surface area (Å²) in [5, 5.41) is 4.74. The molecular formula is C31H33N5O4. The summed E-state index contributed by atoms with van der Waals surface area (Å²) in [5.41, 5.74) is 0.918. The number of ether oxygens (including phenoxy) is 1. The lowest BCUT2D eigenvalue weighted by Gasteiger charge is -2.33. The first-order chi connectivity index (χ1) is 19.4. The van der Waals surface area contributed by atoms with E-state index >= 15 is 0 Å². The molecular weight excluding hydrogens is 506 g/mol. The third-order valence-electron chi connectivity index (χ3n) is 7.48. The lowest BCUT2D eigenvalue weighted by Crippen LogP contribution is -2.44. The predicted molar refractivity (Wildman–Crippen MR) is 151 cm³/mol. The number of fused-ring (bicyclic) bond motifs is 1. The monoisotopic (exact) mass is 539 g/mol. The molecule has 0 aliphatic carbocycles. The summed E-state index contributed by atoms with van der Waals surface area (Å²) < 4.78 is 6.92. The third kappa shape index (κ3) is 5.20. The van der Waals surface area contributed by atoms with E-state index < -0.39 is 5.54 Å². The highest BCUT2D eigenvalue weighted by atomic mass is 16.5. The van der Waals surface area contributed by atoms with E-state index in [1.165, 1.54) is 4.90 Å². The van der Waals surface area contributed by atoms with Crippen molar-refractivity contribution in [2.75, 3.05) is 26.8 Å². The van der Waals surface area contributed by atoms with Crippen LogP contribution in [0.5, 0.6) is 0 Å². The van der Waals surface area contributed by atoms with Crippen LogP contribution in [0.25, 0.3) is 10.8 Å². The van der Waals surface area contributed by atoms with Gasteiger partial charge in [-0.15, -0.1) is 0 Å². The molecule has 1 atom stereocenters. The van der Waals surface area contributed by atoms with Crippen molar-refractivity contribution in [1.82, 2.24) is 24.7 Å². The van der Waals surface area contributed by atoms with Gasteiger partial charge in [-0.05, 0) is 47.4 Å². The normalized spacial score (nSPS) is 17.1. The zero-order valence-corrected chi connectivity index (χ0v) is 22.7. The van der Waals surface area contributed by atoms with Gasteiger partial charge in [0.2, 0.25) is 0 Å². The molecule has 1 saturated heterocycles. The van der Waals surface area contributed by atoms with E-state index in [0.717, 1.165) is 21.9 Å². The lowest BCUT2D eigenvalue weighted by molar-refractivity contribution is -0.133. The van der Waals surface area contributed by atoms with Crippen molar-refractivity contribution >= 4 is 28.6 Å². The van der Waals surface area contributed by atoms with E-state index in [-0.39, 0.29) is 24.4 Å². The summed E-state index contributed by atoms with van der Waals surface area (Å²) in [6, 6.07) is 20.6. The summed E-state index contributed by atoms with van der Waals surface area (Å²) in [6.45, 7) is 3.85. The molecule has 1 unspecified atom stereocenters. The molecule has 0 spiro atoms. The van der Waals surface area contributed by atoms with Crippen LogP contribution in [-0.2, 0) is 28.2 Å². The number of imidazole rings is 1. The maximum Gasteiger partial charge on any atom is 0.328 e. The highest BCUT2D eigenvalue weighted by Crippen LogP contribution is 2.41. The number of imide groups is 1. The van der Waals surface area contributed by atoms with Crippen molar-refractivity contribution in [3.63, 3.8) is 0 Å². The molecule has 4 aromatic rings. The Balaban J connectivity index is 1.44. The van der Waals surface area contributed by atoms with E-state index in [4.69, 9.17) is 4.74 Å². The molecule has 0 radical (unpaired) electrons. The molecule has 206 valence electrons. The van der Waals surface area contributed by atoms with Gasteiger partial charge < -0.3 is 19.5 Å². The lowest BCUT2D eigenvalue weighted by atomic mass is 9.86. The van der Waals surface area contributed by atoms with Crippen LogP contribution >= 0.6 is 0 Å². The van der Waals surface area contributed by atoms with Crippen molar-refractivity contribution in [3.05, 3.63) is 102 Å². The number of carbonyl (C=O) groups excluding carboxylic acids is 3. The van der Waals surface area contributed by atoms with E-state index in [1.807, 2.05) is 72.3 Å². The Morgan fingerprint density at radius 3 is 2.52 bits per heavy atom. The average Bonchev–Trinajstić information content (AvgIpc) is 3.56. The van der Waals surface area contributed by atoms with Crippen molar-refractivity contribution < 1.29 is 19.1 Å². The second-order valence-electron chi connectivity index (χ2n) is 10.0. The van der Waals surface area contributed by atoms with Gasteiger partial charge >= 0.3 is 6.03 Å². The van der Waals surface area contributed by atoms with Gasteiger partial charge in [0.05, 0.1) is 12.9 Å². The molecule has 1 aliphatic heterocycles. The van der Waals surface area contributed by atoms with Crippen molar-refractivity contribution in [3.8, 4) is 0 Å². The molecule has 2 heterocycles. The maximum absolute atomic E-state index is 14.1. The molecule has 40 heavy (non-hydrogen) atoms. The van der Waals surface area contributed by atoms with Crippen LogP contribution in [0.15, 0.2) is 85.5 Å². The number of aromatic nitrogens is 2. The number of nitrogens with zero attached hydrogens (tertiary/aromatic N) is 4. The Hall–Kier alpha value is -4.50. The third-order valence-corrected chi connectivity index (χ3v) is 7.48. The van der Waals surface area contributed by atoms with Gasteiger partial charge in [-0.1, -0.05) is 54.6 Å². The molecule has 9 heteroatoms. The van der Waals surface area contributed by atoms with E-state index in [1.54, 1.807) is 36.7 Å². The summed E-state index contributed by atoms with van der Waals surface area (Å²) >= 11 is 0. The predicted octanol–water partition coefficient (Wildman–Crippen LogP) is 4.18. The van der Waals surface area contributed by atoms with Gasteiger partial charge in [0.15, 0.2) is 0 Å². The fraction of sp³-hybridized carbons (Fsp3) is 0.290. The fourth-order valence-electron chi connectivity index (χ4n) is 5.28. The fourth-order valence-corrected chi connectivity index (χ4v) is 5.28. The number of benzene rings is 3. The summed E-state index contributed by atoms with van der Waals surface area (Å²) in [5.74, 6) is -0.436. The van der Waals surface area contributed by atoms with Crippen LogP contribution in [-0.4, -0.2) is 64.0 Å². The zero-order chi connectivity index (χ0) is 28.1. The minimum atomic E-state index is -1.21. The molecule has 1 N–H and O–H groups in total. The first kappa shape index (κ1) is 27.1. The van der Waals surface area contributed by atoms with Crippen LogP contribution < -0.4 is 5.32 Å². The van der Waals surface area contributed by atoms with E-state index in [2.05, 4.69) is 10.3 Å². The van der Waals surface area contributed by atoms with Crippen molar-refractivity contribution in [1.29, 1.82) is 0 Å². The molecule has 1 aliphatic rings. The summed E-state index contributed by atoms with van der Waals surface area (Å²) in [7, 11) is 1.58. The molecule has 3 aromatic carbocycles. The summed E-state index contributed by atoms with van der Waals surface area (Å²) in [6.07, 6.45) is 5.91. The minimum Gasteiger partial charge on any atom is -0.383 e. The average molecular weight is 540 g/mol. The second kappa shape index (κ2) is 11.7. The Bertz CT molecular complexity index is 1500. The van der Waals surface area contributed by atoms with Gasteiger partial charge in [0.25, 0.3) is 11.8 Å². The van der Waals surface area contributed by atoms with Crippen LogP contribution in [0, 0.1) is 0 Å². The number of methoxy groups -OCH3 is 1. The van der Waals surface area contributed by atoms with Gasteiger partial charge in [0.1, 0.15) is 5.54 Å². The first-order valence-corrected chi connectivity index (χ1v) is 13.4. The van der Waals surface area contributed by atoms with Crippen LogP contribution in [0.1, 0.15) is 34.8 Å². The highest BCUT2D eigenvalue weighted by Gasteiger charge is 2.55. The van der Waals surface area contributed by atoms with Crippen molar-refractivity contribution in [2.45, 2.75) is 32.0 Å². The number of hydrogen-bond acceptors (Lipinski definition) is 5. The minimum absolute atomic E-state index is 0.194. The number of hydrogen-bond donors (Lipinski definition) is 1. The number of urea groups is 1. The summed E-state index contributed by atoms with van der Waals surface area (Å²) in [4.78, 5) is 47.5. The number of aryl methyl sites for hydroxylation is 1. The number of carbonyl (C=O) groups is 3. The van der Waals surface area contributed by atoms with Crippen LogP contribution in [0.3, 0.4) is 0 Å². The standard InChI is InChI=1S/C31H33N5O4/c1-31(27-10-5-8-24-7-3-4-9-26(24)27)29(38)35(18-6-17-34-19-15-32-22-34)30(39)36(31)21-23-11-13-25(14-12-23)28(37)33-16-20-40-2/h3-5,7-15,19,22H,6,16-18,20-21H2,1-2H3,(H,33,37). The molecule has 1 aromatic heterocycles. The maximum atomic E-state index is 14.1. The number of amides is 4. The second-order valence-corrected chi connectivity index (χ2v) is 10.0. The topological polar surface area (TPSA) is 96.8 Å². The molecule has 9 nitrogen and oxygen atoms in total. The van der Waals surface area contributed by atoms with Gasteiger partial charge in [0, 0.05) is 51.2 Å². The van der Waals surface area contributed by atoms with E-state index in [0.29, 0.717) is 38.2 Å². The molecule has 4 amide bonds. The first-order valence-electron chi connectivity index (χ1n) is 13.4. The molecule has 5 rings (SSSR count). The zero-order valence-electron chi connectivity index (χ0n) is 22.7. The Kier molecular flexibility index (Phi) is 7.93. The number of rotatable bonds is 11. The molecule has 0 saturated carbocycles. The van der Waals surface area contributed by atoms with Crippen LogP contribution in [0.2, 0.25) is 0 Å².